The van der Waals surface area contributed by atoms with Crippen LogP contribution >= 0.6 is 23.2 Å². The van der Waals surface area contributed by atoms with E-state index in [9.17, 15) is 4.79 Å². The third kappa shape index (κ3) is 2.75. The molecule has 0 atom stereocenters. The van der Waals surface area contributed by atoms with Crippen molar-refractivity contribution >= 4 is 29.1 Å². The molecule has 1 heterocycles. The summed E-state index contributed by atoms with van der Waals surface area (Å²) in [5.41, 5.74) is 0.531. The zero-order valence-electron chi connectivity index (χ0n) is 12.9. The number of piperazine rings is 1. The fourth-order valence-corrected chi connectivity index (χ4v) is 4.17. The van der Waals surface area contributed by atoms with E-state index < -0.39 is 5.41 Å². The maximum atomic E-state index is 13.2. The van der Waals surface area contributed by atoms with Crippen LogP contribution in [0, 0.1) is 0 Å². The normalized spacial score (nSPS) is 21.5. The Hall–Kier alpha value is -0.770. The Morgan fingerprint density at radius 1 is 1.18 bits per heavy atom. The minimum Gasteiger partial charge on any atom is -0.339 e. The van der Waals surface area contributed by atoms with Crippen molar-refractivity contribution in [2.45, 2.75) is 31.6 Å². The Morgan fingerprint density at radius 2 is 1.86 bits per heavy atom. The first-order chi connectivity index (χ1) is 10.6. The molecule has 1 aromatic rings. The van der Waals surface area contributed by atoms with Gasteiger partial charge in [0.25, 0.3) is 0 Å². The van der Waals surface area contributed by atoms with Gasteiger partial charge in [0.1, 0.15) is 0 Å². The second-order valence-electron chi connectivity index (χ2n) is 6.29. The maximum absolute atomic E-state index is 13.2. The molecule has 1 aliphatic carbocycles. The predicted octanol–water partition coefficient (Wildman–Crippen LogP) is 3.58. The predicted molar refractivity (Wildman–Crippen MR) is 90.7 cm³/mol. The van der Waals surface area contributed by atoms with Crippen molar-refractivity contribution in [2.24, 2.45) is 0 Å². The van der Waals surface area contributed by atoms with Gasteiger partial charge in [0.2, 0.25) is 5.91 Å². The molecular weight excluding hydrogens is 319 g/mol. The van der Waals surface area contributed by atoms with Crippen molar-refractivity contribution in [3.63, 3.8) is 0 Å². The van der Waals surface area contributed by atoms with Gasteiger partial charge >= 0.3 is 0 Å². The Balaban J connectivity index is 1.82. The summed E-state index contributed by atoms with van der Waals surface area (Å²) in [6, 6.07) is 5.52. The summed E-state index contributed by atoms with van der Waals surface area (Å²) in [6.45, 7) is 6.78. The highest BCUT2D eigenvalue weighted by molar-refractivity contribution is 6.35. The molecule has 5 heteroatoms. The summed E-state index contributed by atoms with van der Waals surface area (Å²) >= 11 is 12.4. The number of nitrogens with zero attached hydrogens (tertiary/aromatic N) is 2. The first kappa shape index (κ1) is 16.1. The summed E-state index contributed by atoms with van der Waals surface area (Å²) in [4.78, 5) is 17.6. The smallest absolute Gasteiger partial charge is 0.233 e. The molecule has 0 aromatic heterocycles. The molecule has 22 heavy (non-hydrogen) atoms. The van der Waals surface area contributed by atoms with Crippen molar-refractivity contribution in [3.8, 4) is 0 Å². The molecule has 1 saturated carbocycles. The fraction of sp³-hybridized carbons (Fsp3) is 0.588. The van der Waals surface area contributed by atoms with Crippen LogP contribution in [-0.2, 0) is 10.2 Å². The third-order valence-electron chi connectivity index (χ3n) is 5.17. The van der Waals surface area contributed by atoms with Gasteiger partial charge in [-0.15, -0.1) is 0 Å². The molecule has 2 fully saturated rings. The number of amides is 1. The first-order valence-electron chi connectivity index (χ1n) is 8.04. The summed E-state index contributed by atoms with van der Waals surface area (Å²) < 4.78 is 0. The van der Waals surface area contributed by atoms with Gasteiger partial charge in [0.05, 0.1) is 5.41 Å². The number of carbonyl (C=O) groups is 1. The molecule has 0 N–H and O–H groups in total. The zero-order chi connectivity index (χ0) is 15.7. The summed E-state index contributed by atoms with van der Waals surface area (Å²) in [5, 5.41) is 1.24. The number of hydrogen-bond acceptors (Lipinski definition) is 2. The van der Waals surface area contributed by atoms with Crippen molar-refractivity contribution in [1.82, 2.24) is 9.80 Å². The Kier molecular flexibility index (Phi) is 4.67. The minimum absolute atomic E-state index is 0.249. The van der Waals surface area contributed by atoms with Gasteiger partial charge < -0.3 is 9.80 Å². The number of hydrogen-bond donors (Lipinski definition) is 0. The van der Waals surface area contributed by atoms with Crippen LogP contribution in [0.3, 0.4) is 0 Å². The molecular formula is C17H22Cl2N2O. The average molecular weight is 341 g/mol. The van der Waals surface area contributed by atoms with Crippen LogP contribution in [-0.4, -0.2) is 48.4 Å². The van der Waals surface area contributed by atoms with Gasteiger partial charge in [-0.3, -0.25) is 4.79 Å². The van der Waals surface area contributed by atoms with Gasteiger partial charge in [0, 0.05) is 36.2 Å². The average Bonchev–Trinajstić information content (AvgIpc) is 2.48. The lowest BCUT2D eigenvalue weighted by atomic mass is 9.63. The van der Waals surface area contributed by atoms with Crippen LogP contribution < -0.4 is 0 Å². The van der Waals surface area contributed by atoms with E-state index in [1.165, 1.54) is 0 Å². The molecule has 1 amide bonds. The van der Waals surface area contributed by atoms with Crippen molar-refractivity contribution < 1.29 is 4.79 Å². The van der Waals surface area contributed by atoms with Crippen LogP contribution in [0.5, 0.6) is 0 Å². The monoisotopic (exact) mass is 340 g/mol. The standard InChI is InChI=1S/C17H22Cl2N2O/c1-2-20-8-10-21(11-9-20)16(22)17(6-3-7-17)14-5-4-13(18)12-15(14)19/h4-5,12H,2-3,6-11H2,1H3. The lowest BCUT2D eigenvalue weighted by molar-refractivity contribution is -0.142. The van der Waals surface area contributed by atoms with E-state index in [1.54, 1.807) is 6.07 Å². The van der Waals surface area contributed by atoms with Gasteiger partial charge in [-0.25, -0.2) is 0 Å². The summed E-state index contributed by atoms with van der Waals surface area (Å²) in [6.07, 6.45) is 2.86. The van der Waals surface area contributed by atoms with Crippen LogP contribution in [0.25, 0.3) is 0 Å². The van der Waals surface area contributed by atoms with E-state index in [2.05, 4.69) is 11.8 Å². The molecule has 3 nitrogen and oxygen atoms in total. The van der Waals surface area contributed by atoms with E-state index in [-0.39, 0.29) is 5.91 Å². The molecule has 0 bridgehead atoms. The molecule has 0 unspecified atom stereocenters. The minimum atomic E-state index is -0.421. The highest BCUT2D eigenvalue weighted by Crippen LogP contribution is 2.48. The Labute approximate surface area is 142 Å². The van der Waals surface area contributed by atoms with E-state index in [4.69, 9.17) is 23.2 Å². The van der Waals surface area contributed by atoms with E-state index in [0.29, 0.717) is 10.0 Å². The van der Waals surface area contributed by atoms with Gasteiger partial charge in [0.15, 0.2) is 0 Å². The van der Waals surface area contributed by atoms with Gasteiger partial charge in [-0.05, 0) is 37.1 Å². The SMILES string of the molecule is CCN1CCN(C(=O)C2(c3ccc(Cl)cc3Cl)CCC2)CC1. The molecule has 2 aliphatic rings. The third-order valence-corrected chi connectivity index (χ3v) is 5.72. The number of carbonyl (C=O) groups excluding carboxylic acids is 1. The molecule has 120 valence electrons. The van der Waals surface area contributed by atoms with Crippen LogP contribution in [0.15, 0.2) is 18.2 Å². The Bertz CT molecular complexity index is 564. The lowest BCUT2D eigenvalue weighted by Gasteiger charge is -2.46. The second-order valence-corrected chi connectivity index (χ2v) is 7.13. The molecule has 1 saturated heterocycles. The second kappa shape index (κ2) is 6.38. The lowest BCUT2D eigenvalue weighted by Crippen LogP contribution is -2.56. The van der Waals surface area contributed by atoms with Crippen molar-refractivity contribution in [2.75, 3.05) is 32.7 Å². The summed E-state index contributed by atoms with van der Waals surface area (Å²) in [7, 11) is 0. The fourth-order valence-electron chi connectivity index (χ4n) is 3.58. The molecule has 0 radical (unpaired) electrons. The first-order valence-corrected chi connectivity index (χ1v) is 8.80. The Morgan fingerprint density at radius 3 is 2.36 bits per heavy atom. The van der Waals surface area contributed by atoms with Crippen molar-refractivity contribution in [3.05, 3.63) is 33.8 Å². The van der Waals surface area contributed by atoms with E-state index in [0.717, 1.165) is 57.5 Å². The quantitative estimate of drug-likeness (QED) is 0.839. The summed E-state index contributed by atoms with van der Waals surface area (Å²) in [5.74, 6) is 0.249. The highest BCUT2D eigenvalue weighted by Gasteiger charge is 2.49. The molecule has 1 aliphatic heterocycles. The van der Waals surface area contributed by atoms with E-state index >= 15 is 0 Å². The maximum Gasteiger partial charge on any atom is 0.233 e. The molecule has 0 spiro atoms. The number of likely N-dealkylation sites (N-methyl/N-ethyl adjacent to an activating group) is 1. The van der Waals surface area contributed by atoms with Crippen LogP contribution in [0.4, 0.5) is 0 Å². The number of benzene rings is 1. The molecule has 3 rings (SSSR count). The van der Waals surface area contributed by atoms with Crippen LogP contribution in [0.2, 0.25) is 10.0 Å². The molecule has 1 aromatic carbocycles. The number of rotatable bonds is 3. The zero-order valence-corrected chi connectivity index (χ0v) is 14.5. The largest absolute Gasteiger partial charge is 0.339 e. The van der Waals surface area contributed by atoms with Crippen LogP contribution in [0.1, 0.15) is 31.7 Å². The van der Waals surface area contributed by atoms with Gasteiger partial charge in [-0.1, -0.05) is 42.6 Å². The highest BCUT2D eigenvalue weighted by atomic mass is 35.5. The topological polar surface area (TPSA) is 23.6 Å². The number of halogens is 2. The van der Waals surface area contributed by atoms with Gasteiger partial charge in [-0.2, -0.15) is 0 Å². The van der Waals surface area contributed by atoms with Crippen molar-refractivity contribution in [1.29, 1.82) is 0 Å². The van der Waals surface area contributed by atoms with E-state index in [1.807, 2.05) is 17.0 Å².